The summed E-state index contributed by atoms with van der Waals surface area (Å²) in [5.41, 5.74) is 7.51. The second kappa shape index (κ2) is 9.21. The van der Waals surface area contributed by atoms with E-state index in [4.69, 9.17) is 17.3 Å². The third-order valence-corrected chi connectivity index (χ3v) is 4.97. The van der Waals surface area contributed by atoms with E-state index in [1.54, 1.807) is 6.92 Å². The number of hydrogen-bond acceptors (Lipinski definition) is 5. The molecule has 2 aromatic heterocycles. The predicted molar refractivity (Wildman–Crippen MR) is 114 cm³/mol. The Morgan fingerprint density at radius 2 is 2.00 bits per heavy atom. The molecule has 2 heterocycles. The minimum Gasteiger partial charge on any atom is -0.381 e. The number of anilines is 1. The number of carbonyl (C=O) groups excluding carboxylic acids is 1. The molecule has 1 atom stereocenters. The van der Waals surface area contributed by atoms with Crippen molar-refractivity contribution in [1.29, 1.82) is 0 Å². The van der Waals surface area contributed by atoms with Crippen LogP contribution in [0.25, 0.3) is 5.95 Å². The average Bonchev–Trinajstić information content (AvgIpc) is 3.09. The Balaban J connectivity index is 1.75. The number of nitrogen functional groups attached to an aromatic ring is 1. The van der Waals surface area contributed by atoms with Crippen molar-refractivity contribution >= 4 is 23.3 Å². The lowest BCUT2D eigenvalue weighted by atomic mass is 9.90. The zero-order chi connectivity index (χ0) is 21.8. The number of hydrogen-bond donors (Lipinski definition) is 2. The minimum atomic E-state index is -0.709. The number of aromatic nitrogens is 4. The summed E-state index contributed by atoms with van der Waals surface area (Å²) in [5, 5.41) is 7.93. The minimum absolute atomic E-state index is 0.0925. The molecule has 0 aliphatic carbocycles. The molecule has 0 fully saturated rings. The zero-order valence-corrected chi connectivity index (χ0v) is 17.8. The first-order valence-corrected chi connectivity index (χ1v) is 10.0. The summed E-state index contributed by atoms with van der Waals surface area (Å²) in [5.74, 6) is -0.529. The highest BCUT2D eigenvalue weighted by Gasteiger charge is 2.19. The van der Waals surface area contributed by atoms with Gasteiger partial charge in [-0.05, 0) is 37.0 Å². The van der Waals surface area contributed by atoms with Crippen LogP contribution >= 0.6 is 11.6 Å². The molecule has 3 rings (SSSR count). The van der Waals surface area contributed by atoms with Crippen molar-refractivity contribution in [3.8, 4) is 5.95 Å². The zero-order valence-electron chi connectivity index (χ0n) is 17.1. The van der Waals surface area contributed by atoms with Crippen LogP contribution in [0.3, 0.4) is 0 Å². The van der Waals surface area contributed by atoms with Crippen molar-refractivity contribution in [2.24, 2.45) is 5.92 Å². The van der Waals surface area contributed by atoms with E-state index in [1.807, 2.05) is 24.3 Å². The van der Waals surface area contributed by atoms with E-state index in [0.29, 0.717) is 28.7 Å². The maximum absolute atomic E-state index is 13.3. The van der Waals surface area contributed by atoms with Crippen molar-refractivity contribution in [2.45, 2.75) is 33.1 Å². The van der Waals surface area contributed by atoms with Crippen LogP contribution in [0, 0.1) is 18.7 Å². The lowest BCUT2D eigenvalue weighted by Crippen LogP contribution is -2.29. The fourth-order valence-corrected chi connectivity index (χ4v) is 3.34. The maximum Gasteiger partial charge on any atom is 0.254 e. The SMILES string of the molecule is Cc1nn(-c2ncc(F)c(N)n2)cc1C(=O)NCC(CC(C)C)c1ccc(Cl)cc1. The Hall–Kier alpha value is -3.00. The van der Waals surface area contributed by atoms with E-state index in [-0.39, 0.29) is 23.6 Å². The van der Waals surface area contributed by atoms with Crippen molar-refractivity contribution in [3.05, 3.63) is 64.3 Å². The van der Waals surface area contributed by atoms with E-state index in [9.17, 15) is 9.18 Å². The van der Waals surface area contributed by atoms with Crippen LogP contribution in [0.1, 0.15) is 47.8 Å². The highest BCUT2D eigenvalue weighted by Crippen LogP contribution is 2.25. The average molecular weight is 431 g/mol. The summed E-state index contributed by atoms with van der Waals surface area (Å²) in [6.07, 6.45) is 3.40. The summed E-state index contributed by atoms with van der Waals surface area (Å²) in [4.78, 5) is 20.5. The molecule has 0 spiro atoms. The molecule has 3 aromatic rings. The van der Waals surface area contributed by atoms with Crippen molar-refractivity contribution in [3.63, 3.8) is 0 Å². The maximum atomic E-state index is 13.3. The molecule has 3 N–H and O–H groups in total. The van der Waals surface area contributed by atoms with Gasteiger partial charge in [0, 0.05) is 23.7 Å². The van der Waals surface area contributed by atoms with Crippen LogP contribution in [0.2, 0.25) is 5.02 Å². The highest BCUT2D eigenvalue weighted by atomic mass is 35.5. The summed E-state index contributed by atoms with van der Waals surface area (Å²) in [7, 11) is 0. The summed E-state index contributed by atoms with van der Waals surface area (Å²) >= 11 is 6.00. The van der Waals surface area contributed by atoms with Gasteiger partial charge in [0.15, 0.2) is 11.6 Å². The lowest BCUT2D eigenvalue weighted by Gasteiger charge is -2.20. The fraction of sp³-hybridized carbons (Fsp3) is 0.333. The van der Waals surface area contributed by atoms with Crippen LogP contribution in [-0.4, -0.2) is 32.2 Å². The van der Waals surface area contributed by atoms with Gasteiger partial charge < -0.3 is 11.1 Å². The molecule has 1 unspecified atom stereocenters. The van der Waals surface area contributed by atoms with E-state index in [2.05, 4.69) is 34.2 Å². The Bertz CT molecular complexity index is 1030. The molecule has 0 bridgehead atoms. The van der Waals surface area contributed by atoms with Gasteiger partial charge in [-0.15, -0.1) is 0 Å². The quantitative estimate of drug-likeness (QED) is 0.592. The van der Waals surface area contributed by atoms with Crippen LogP contribution in [0.4, 0.5) is 10.2 Å². The molecule has 9 heteroatoms. The second-order valence-corrected chi connectivity index (χ2v) is 8.00. The Labute approximate surface area is 179 Å². The second-order valence-electron chi connectivity index (χ2n) is 7.56. The predicted octanol–water partition coefficient (Wildman–Crippen LogP) is 3.91. The fourth-order valence-electron chi connectivity index (χ4n) is 3.22. The molecule has 1 amide bonds. The van der Waals surface area contributed by atoms with E-state index in [1.165, 1.54) is 10.9 Å². The van der Waals surface area contributed by atoms with Crippen LogP contribution in [0.5, 0.6) is 0 Å². The Morgan fingerprint density at radius 1 is 1.30 bits per heavy atom. The molecule has 30 heavy (non-hydrogen) atoms. The molecular formula is C21H24ClFN6O. The van der Waals surface area contributed by atoms with Crippen LogP contribution in [-0.2, 0) is 0 Å². The van der Waals surface area contributed by atoms with Crippen molar-refractivity contribution < 1.29 is 9.18 Å². The molecular weight excluding hydrogens is 407 g/mol. The molecule has 1 aromatic carbocycles. The first kappa shape index (κ1) is 21.7. The number of nitrogens with one attached hydrogen (secondary N) is 1. The number of benzene rings is 1. The first-order chi connectivity index (χ1) is 14.2. The molecule has 158 valence electrons. The molecule has 0 radical (unpaired) electrons. The number of halogens is 2. The van der Waals surface area contributed by atoms with Gasteiger partial charge >= 0.3 is 0 Å². The summed E-state index contributed by atoms with van der Waals surface area (Å²) < 4.78 is 14.6. The highest BCUT2D eigenvalue weighted by molar-refractivity contribution is 6.30. The number of rotatable bonds is 7. The number of aryl methyl sites for hydroxylation is 1. The van der Waals surface area contributed by atoms with Gasteiger partial charge in [0.25, 0.3) is 11.9 Å². The van der Waals surface area contributed by atoms with Gasteiger partial charge in [0.1, 0.15) is 0 Å². The monoisotopic (exact) mass is 430 g/mol. The topological polar surface area (TPSA) is 98.7 Å². The Morgan fingerprint density at radius 3 is 2.63 bits per heavy atom. The van der Waals surface area contributed by atoms with E-state index in [0.717, 1.165) is 18.2 Å². The smallest absolute Gasteiger partial charge is 0.254 e. The van der Waals surface area contributed by atoms with Crippen molar-refractivity contribution in [1.82, 2.24) is 25.1 Å². The third kappa shape index (κ3) is 5.13. The van der Waals surface area contributed by atoms with Gasteiger partial charge in [-0.25, -0.2) is 14.1 Å². The normalized spacial score (nSPS) is 12.2. The van der Waals surface area contributed by atoms with Gasteiger partial charge in [-0.2, -0.15) is 10.1 Å². The van der Waals surface area contributed by atoms with Crippen molar-refractivity contribution in [2.75, 3.05) is 12.3 Å². The van der Waals surface area contributed by atoms with Gasteiger partial charge in [0.2, 0.25) is 0 Å². The van der Waals surface area contributed by atoms with Gasteiger partial charge in [0.05, 0.1) is 17.5 Å². The summed E-state index contributed by atoms with van der Waals surface area (Å²) in [6, 6.07) is 7.69. The number of carbonyl (C=O) groups is 1. The third-order valence-electron chi connectivity index (χ3n) is 4.71. The van der Waals surface area contributed by atoms with Gasteiger partial charge in [-0.3, -0.25) is 4.79 Å². The number of amides is 1. The molecule has 0 saturated heterocycles. The van der Waals surface area contributed by atoms with Crippen LogP contribution < -0.4 is 11.1 Å². The first-order valence-electron chi connectivity index (χ1n) is 9.63. The number of nitrogens with zero attached hydrogens (tertiary/aromatic N) is 4. The van der Waals surface area contributed by atoms with E-state index >= 15 is 0 Å². The summed E-state index contributed by atoms with van der Waals surface area (Å²) in [6.45, 7) is 6.48. The largest absolute Gasteiger partial charge is 0.381 e. The number of nitrogens with two attached hydrogens (primary N) is 1. The lowest BCUT2D eigenvalue weighted by molar-refractivity contribution is 0.0949. The molecule has 7 nitrogen and oxygen atoms in total. The molecule has 0 aliphatic rings. The van der Waals surface area contributed by atoms with Gasteiger partial charge in [-0.1, -0.05) is 37.6 Å². The molecule has 0 aliphatic heterocycles. The van der Waals surface area contributed by atoms with Crippen LogP contribution in [0.15, 0.2) is 36.7 Å². The van der Waals surface area contributed by atoms with E-state index < -0.39 is 5.82 Å². The standard InChI is InChI=1S/C21H24ClFN6O/c1-12(2)8-15(14-4-6-16(22)7-5-14)9-25-20(30)17-11-29(28-13(17)3)21-26-10-18(23)19(24)27-21/h4-7,10-12,15H,8-9H2,1-3H3,(H,25,30)(H2,24,26,27). The Kier molecular flexibility index (Phi) is 6.66. The molecule has 0 saturated carbocycles.